The van der Waals surface area contributed by atoms with Gasteiger partial charge >= 0.3 is 11.8 Å². The first kappa shape index (κ1) is 17.0. The minimum absolute atomic E-state index is 0.130. The molecule has 3 amide bonds. The van der Waals surface area contributed by atoms with Crippen molar-refractivity contribution in [3.05, 3.63) is 29.8 Å². The molecule has 0 spiro atoms. The van der Waals surface area contributed by atoms with Crippen LogP contribution in [0.1, 0.15) is 49.9 Å². The zero-order chi connectivity index (χ0) is 16.8. The van der Waals surface area contributed by atoms with E-state index in [1.54, 1.807) is 38.1 Å². The van der Waals surface area contributed by atoms with E-state index in [1.165, 1.54) is 0 Å². The lowest BCUT2D eigenvalue weighted by Crippen LogP contribution is -2.39. The van der Waals surface area contributed by atoms with E-state index in [0.717, 1.165) is 25.7 Å². The maximum atomic E-state index is 12.4. The van der Waals surface area contributed by atoms with E-state index in [9.17, 15) is 14.4 Å². The highest BCUT2D eigenvalue weighted by atomic mass is 16.2. The second kappa shape index (κ2) is 7.76. The molecule has 1 aromatic carbocycles. The van der Waals surface area contributed by atoms with Gasteiger partial charge in [-0.3, -0.25) is 14.4 Å². The SMILES string of the molecule is CC(C)NC(=O)C(=O)Nc1ccccc1C(=O)NC1CCCC1. The lowest BCUT2D eigenvalue weighted by atomic mass is 10.1. The number of anilines is 1. The maximum Gasteiger partial charge on any atom is 0.313 e. The van der Waals surface area contributed by atoms with Crippen LogP contribution in [0.2, 0.25) is 0 Å². The second-order valence-electron chi connectivity index (χ2n) is 6.08. The molecule has 3 N–H and O–H groups in total. The Labute approximate surface area is 136 Å². The molecular weight excluding hydrogens is 294 g/mol. The van der Waals surface area contributed by atoms with Crippen LogP contribution in [0.3, 0.4) is 0 Å². The first-order chi connectivity index (χ1) is 11.0. The largest absolute Gasteiger partial charge is 0.349 e. The molecule has 0 atom stereocenters. The number of carbonyl (C=O) groups is 3. The zero-order valence-corrected chi connectivity index (χ0v) is 13.5. The van der Waals surface area contributed by atoms with E-state index in [4.69, 9.17) is 0 Å². The van der Waals surface area contributed by atoms with Crippen molar-refractivity contribution in [3.63, 3.8) is 0 Å². The molecule has 0 saturated heterocycles. The third-order valence-electron chi connectivity index (χ3n) is 3.74. The molecule has 2 rings (SSSR count). The number of benzene rings is 1. The highest BCUT2D eigenvalue weighted by Crippen LogP contribution is 2.20. The summed E-state index contributed by atoms with van der Waals surface area (Å²) in [5, 5.41) is 8.01. The van der Waals surface area contributed by atoms with Crippen molar-refractivity contribution in [3.8, 4) is 0 Å². The summed E-state index contributed by atoms with van der Waals surface area (Å²) in [6.07, 6.45) is 4.21. The number of nitrogens with one attached hydrogen (secondary N) is 3. The molecule has 0 heterocycles. The summed E-state index contributed by atoms with van der Waals surface area (Å²) >= 11 is 0. The van der Waals surface area contributed by atoms with Gasteiger partial charge in [-0.15, -0.1) is 0 Å². The Bertz CT molecular complexity index is 593. The van der Waals surface area contributed by atoms with Gasteiger partial charge in [0.15, 0.2) is 0 Å². The summed E-state index contributed by atoms with van der Waals surface area (Å²) in [6, 6.07) is 6.75. The summed E-state index contributed by atoms with van der Waals surface area (Å²) in [5.41, 5.74) is 0.706. The molecule has 0 aromatic heterocycles. The average molecular weight is 317 g/mol. The number of para-hydroxylation sites is 1. The molecule has 124 valence electrons. The fourth-order valence-electron chi connectivity index (χ4n) is 2.63. The van der Waals surface area contributed by atoms with Gasteiger partial charge in [-0.25, -0.2) is 0 Å². The van der Waals surface area contributed by atoms with E-state index >= 15 is 0 Å². The number of hydrogen-bond donors (Lipinski definition) is 3. The van der Waals surface area contributed by atoms with Crippen molar-refractivity contribution in [2.24, 2.45) is 0 Å². The van der Waals surface area contributed by atoms with Crippen LogP contribution in [0.4, 0.5) is 5.69 Å². The standard InChI is InChI=1S/C17H23N3O3/c1-11(2)18-16(22)17(23)20-14-10-6-5-9-13(14)15(21)19-12-7-3-4-8-12/h5-6,9-12H,3-4,7-8H2,1-2H3,(H,18,22)(H,19,21)(H,20,23). The molecule has 1 aromatic rings. The van der Waals surface area contributed by atoms with Crippen LogP contribution in [-0.4, -0.2) is 29.8 Å². The molecule has 1 saturated carbocycles. The van der Waals surface area contributed by atoms with Crippen molar-refractivity contribution < 1.29 is 14.4 Å². The second-order valence-corrected chi connectivity index (χ2v) is 6.08. The summed E-state index contributed by atoms with van der Waals surface area (Å²) in [6.45, 7) is 3.54. The lowest BCUT2D eigenvalue weighted by molar-refractivity contribution is -0.136. The number of carbonyl (C=O) groups excluding carboxylic acids is 3. The van der Waals surface area contributed by atoms with Gasteiger partial charge in [0.1, 0.15) is 0 Å². The fraction of sp³-hybridized carbons (Fsp3) is 0.471. The Morgan fingerprint density at radius 1 is 1.04 bits per heavy atom. The Morgan fingerprint density at radius 2 is 1.70 bits per heavy atom. The van der Waals surface area contributed by atoms with Gasteiger partial charge in [-0.05, 0) is 38.8 Å². The molecule has 6 nitrogen and oxygen atoms in total. The molecule has 0 unspecified atom stereocenters. The molecule has 0 bridgehead atoms. The molecule has 6 heteroatoms. The van der Waals surface area contributed by atoms with E-state index in [-0.39, 0.29) is 18.0 Å². The van der Waals surface area contributed by atoms with E-state index < -0.39 is 11.8 Å². The maximum absolute atomic E-state index is 12.4. The first-order valence-electron chi connectivity index (χ1n) is 7.99. The van der Waals surface area contributed by atoms with Crippen molar-refractivity contribution in [1.29, 1.82) is 0 Å². The molecule has 0 radical (unpaired) electrons. The minimum Gasteiger partial charge on any atom is -0.349 e. The molecule has 23 heavy (non-hydrogen) atoms. The van der Waals surface area contributed by atoms with Gasteiger partial charge in [0.25, 0.3) is 5.91 Å². The highest BCUT2D eigenvalue weighted by Gasteiger charge is 2.21. The molecule has 0 aliphatic heterocycles. The van der Waals surface area contributed by atoms with Crippen LogP contribution in [0.5, 0.6) is 0 Å². The number of hydrogen-bond acceptors (Lipinski definition) is 3. The van der Waals surface area contributed by atoms with Gasteiger partial charge < -0.3 is 16.0 Å². The predicted octanol–water partition coefficient (Wildman–Crippen LogP) is 1.82. The van der Waals surface area contributed by atoms with Gasteiger partial charge in [0, 0.05) is 12.1 Å². The average Bonchev–Trinajstić information content (AvgIpc) is 2.99. The molecule has 1 aliphatic carbocycles. The van der Waals surface area contributed by atoms with E-state index in [0.29, 0.717) is 11.3 Å². The van der Waals surface area contributed by atoms with Gasteiger partial charge in [-0.2, -0.15) is 0 Å². The summed E-state index contributed by atoms with van der Waals surface area (Å²) in [4.78, 5) is 36.0. The third-order valence-corrected chi connectivity index (χ3v) is 3.74. The summed E-state index contributed by atoms with van der Waals surface area (Å²) < 4.78 is 0. The smallest absolute Gasteiger partial charge is 0.313 e. The van der Waals surface area contributed by atoms with Gasteiger partial charge in [0.2, 0.25) is 0 Å². The summed E-state index contributed by atoms with van der Waals surface area (Å²) in [7, 11) is 0. The number of rotatable bonds is 4. The van der Waals surface area contributed by atoms with Crippen LogP contribution < -0.4 is 16.0 Å². The molecule has 1 fully saturated rings. The van der Waals surface area contributed by atoms with Gasteiger partial charge in [-0.1, -0.05) is 25.0 Å². The van der Waals surface area contributed by atoms with Crippen LogP contribution in [0, 0.1) is 0 Å². The molecule has 1 aliphatic rings. The number of amides is 3. The third kappa shape index (κ3) is 4.81. The Balaban J connectivity index is 2.06. The van der Waals surface area contributed by atoms with Gasteiger partial charge in [0.05, 0.1) is 11.3 Å². The highest BCUT2D eigenvalue weighted by molar-refractivity contribution is 6.40. The fourth-order valence-corrected chi connectivity index (χ4v) is 2.63. The van der Waals surface area contributed by atoms with E-state index in [2.05, 4.69) is 16.0 Å². The topological polar surface area (TPSA) is 87.3 Å². The predicted molar refractivity (Wildman–Crippen MR) is 88.1 cm³/mol. The normalized spacial score (nSPS) is 14.6. The van der Waals surface area contributed by atoms with Crippen molar-refractivity contribution in [1.82, 2.24) is 10.6 Å². The van der Waals surface area contributed by atoms with E-state index in [1.807, 2.05) is 0 Å². The zero-order valence-electron chi connectivity index (χ0n) is 13.5. The quantitative estimate of drug-likeness (QED) is 0.740. The Morgan fingerprint density at radius 3 is 2.35 bits per heavy atom. The first-order valence-corrected chi connectivity index (χ1v) is 7.99. The van der Waals surface area contributed by atoms with Crippen LogP contribution in [0.15, 0.2) is 24.3 Å². The van der Waals surface area contributed by atoms with Crippen molar-refractivity contribution >= 4 is 23.4 Å². The lowest BCUT2D eigenvalue weighted by Gasteiger charge is -2.15. The van der Waals surface area contributed by atoms with Crippen LogP contribution >= 0.6 is 0 Å². The van der Waals surface area contributed by atoms with Crippen molar-refractivity contribution in [2.45, 2.75) is 51.6 Å². The van der Waals surface area contributed by atoms with Crippen LogP contribution in [0.25, 0.3) is 0 Å². The minimum atomic E-state index is -0.778. The van der Waals surface area contributed by atoms with Crippen LogP contribution in [-0.2, 0) is 9.59 Å². The Kier molecular flexibility index (Phi) is 5.73. The van der Waals surface area contributed by atoms with Crippen molar-refractivity contribution in [2.75, 3.05) is 5.32 Å². The Hall–Kier alpha value is -2.37. The monoisotopic (exact) mass is 317 g/mol. The molecular formula is C17H23N3O3. The summed E-state index contributed by atoms with van der Waals surface area (Å²) in [5.74, 6) is -1.72.